The van der Waals surface area contributed by atoms with Crippen LogP contribution in [0.4, 0.5) is 11.5 Å². The molecule has 0 fully saturated rings. The van der Waals surface area contributed by atoms with Gasteiger partial charge in [0.2, 0.25) is 0 Å². The van der Waals surface area contributed by atoms with Crippen molar-refractivity contribution < 1.29 is 0 Å². The molecule has 0 aliphatic carbocycles. The van der Waals surface area contributed by atoms with Gasteiger partial charge in [-0.25, -0.2) is 4.98 Å². The molecule has 19 heavy (non-hydrogen) atoms. The summed E-state index contributed by atoms with van der Waals surface area (Å²) in [6.07, 6.45) is 2.79. The number of nitrogen functional groups attached to an aromatic ring is 1. The first-order valence-corrected chi connectivity index (χ1v) is 7.16. The van der Waals surface area contributed by atoms with Crippen molar-refractivity contribution in [2.45, 2.75) is 19.3 Å². The smallest absolute Gasteiger partial charge is 0.149 e. The van der Waals surface area contributed by atoms with Crippen LogP contribution in [0.5, 0.6) is 0 Å². The lowest BCUT2D eigenvalue weighted by atomic mass is 9.98. The summed E-state index contributed by atoms with van der Waals surface area (Å²) >= 11 is 3.35. The fourth-order valence-electron chi connectivity index (χ4n) is 1.96. The molecule has 2 rings (SSSR count). The second-order valence-electron chi connectivity index (χ2n) is 4.62. The number of pyridine rings is 1. The van der Waals surface area contributed by atoms with Crippen LogP contribution in [0.2, 0.25) is 0 Å². The standard InChI is InChI=1S/C15H18BrN3/c1-11(12-5-3-2-4-6-12)7-8-18-15-14(17)9-13(16)10-19-15/h2-6,9-11H,7-8,17H2,1H3,(H,18,19). The first kappa shape index (κ1) is 13.9. The third-order valence-corrected chi connectivity index (χ3v) is 3.56. The topological polar surface area (TPSA) is 50.9 Å². The number of rotatable bonds is 5. The van der Waals surface area contributed by atoms with Crippen molar-refractivity contribution in [3.63, 3.8) is 0 Å². The number of hydrogen-bond donors (Lipinski definition) is 2. The van der Waals surface area contributed by atoms with E-state index in [9.17, 15) is 0 Å². The molecule has 0 saturated heterocycles. The number of hydrogen-bond acceptors (Lipinski definition) is 3. The number of nitrogens with one attached hydrogen (secondary N) is 1. The zero-order valence-corrected chi connectivity index (χ0v) is 12.5. The number of nitrogens with zero attached hydrogens (tertiary/aromatic N) is 1. The molecule has 0 radical (unpaired) electrons. The van der Waals surface area contributed by atoms with E-state index >= 15 is 0 Å². The van der Waals surface area contributed by atoms with Gasteiger partial charge in [0.25, 0.3) is 0 Å². The van der Waals surface area contributed by atoms with Gasteiger partial charge < -0.3 is 11.1 Å². The summed E-state index contributed by atoms with van der Waals surface area (Å²) in [6, 6.07) is 12.4. The van der Waals surface area contributed by atoms with Gasteiger partial charge in [0, 0.05) is 17.2 Å². The van der Waals surface area contributed by atoms with Gasteiger partial charge in [-0.2, -0.15) is 0 Å². The normalized spacial score (nSPS) is 12.1. The Kier molecular flexibility index (Phi) is 4.80. The molecule has 0 aliphatic heterocycles. The van der Waals surface area contributed by atoms with Crippen molar-refractivity contribution >= 4 is 27.4 Å². The van der Waals surface area contributed by atoms with Gasteiger partial charge in [-0.3, -0.25) is 0 Å². The number of nitrogens with two attached hydrogens (primary N) is 1. The Hall–Kier alpha value is -1.55. The molecule has 3 nitrogen and oxygen atoms in total. The van der Waals surface area contributed by atoms with Gasteiger partial charge in [0.05, 0.1) is 5.69 Å². The maximum atomic E-state index is 5.89. The van der Waals surface area contributed by atoms with Crippen molar-refractivity contribution in [1.29, 1.82) is 0 Å². The second-order valence-corrected chi connectivity index (χ2v) is 5.53. The molecule has 100 valence electrons. The molecule has 2 aromatic rings. The number of aromatic nitrogens is 1. The Morgan fingerprint density at radius 2 is 2.05 bits per heavy atom. The van der Waals surface area contributed by atoms with Gasteiger partial charge in [-0.15, -0.1) is 0 Å². The van der Waals surface area contributed by atoms with Gasteiger partial charge >= 0.3 is 0 Å². The average molecular weight is 320 g/mol. The predicted molar refractivity (Wildman–Crippen MR) is 84.3 cm³/mol. The summed E-state index contributed by atoms with van der Waals surface area (Å²) in [6.45, 7) is 3.09. The number of benzene rings is 1. The Morgan fingerprint density at radius 1 is 1.32 bits per heavy atom. The van der Waals surface area contributed by atoms with Gasteiger partial charge in [0.15, 0.2) is 0 Å². The number of halogens is 1. The van der Waals surface area contributed by atoms with E-state index in [2.05, 4.69) is 57.4 Å². The lowest BCUT2D eigenvalue weighted by Gasteiger charge is -2.13. The van der Waals surface area contributed by atoms with Crippen LogP contribution in [0.3, 0.4) is 0 Å². The molecule has 0 aliphatic rings. The average Bonchev–Trinajstić information content (AvgIpc) is 2.42. The summed E-state index contributed by atoms with van der Waals surface area (Å²) in [5.41, 5.74) is 7.92. The van der Waals surface area contributed by atoms with Crippen LogP contribution in [0.1, 0.15) is 24.8 Å². The molecule has 1 atom stereocenters. The third-order valence-electron chi connectivity index (χ3n) is 3.12. The summed E-state index contributed by atoms with van der Waals surface area (Å²) in [5.74, 6) is 1.27. The Balaban J connectivity index is 1.86. The van der Waals surface area contributed by atoms with E-state index in [1.165, 1.54) is 5.56 Å². The minimum atomic E-state index is 0.519. The van der Waals surface area contributed by atoms with E-state index < -0.39 is 0 Å². The van der Waals surface area contributed by atoms with Crippen molar-refractivity contribution in [3.8, 4) is 0 Å². The third kappa shape index (κ3) is 3.96. The molecule has 1 unspecified atom stereocenters. The van der Waals surface area contributed by atoms with Crippen LogP contribution in [0, 0.1) is 0 Å². The number of anilines is 2. The molecule has 4 heteroatoms. The minimum Gasteiger partial charge on any atom is -0.396 e. The summed E-state index contributed by atoms with van der Waals surface area (Å²) in [7, 11) is 0. The highest BCUT2D eigenvalue weighted by Crippen LogP contribution is 2.21. The van der Waals surface area contributed by atoms with Crippen molar-refractivity contribution in [2.75, 3.05) is 17.6 Å². The largest absolute Gasteiger partial charge is 0.396 e. The molecule has 0 saturated carbocycles. The van der Waals surface area contributed by atoms with E-state index in [0.717, 1.165) is 23.3 Å². The van der Waals surface area contributed by atoms with E-state index in [4.69, 9.17) is 5.73 Å². The molecule has 1 aromatic carbocycles. The zero-order chi connectivity index (χ0) is 13.7. The Bertz CT molecular complexity index is 528. The first-order valence-electron chi connectivity index (χ1n) is 6.36. The van der Waals surface area contributed by atoms with Crippen molar-refractivity contribution in [2.24, 2.45) is 0 Å². The Labute approximate surface area is 122 Å². The van der Waals surface area contributed by atoms with Gasteiger partial charge in [-0.1, -0.05) is 37.3 Å². The van der Waals surface area contributed by atoms with Gasteiger partial charge in [-0.05, 0) is 39.9 Å². The van der Waals surface area contributed by atoms with Crippen LogP contribution in [0.25, 0.3) is 0 Å². The predicted octanol–water partition coefficient (Wildman–Crippen LogP) is 4.03. The molecule has 3 N–H and O–H groups in total. The first-order chi connectivity index (χ1) is 9.16. The van der Waals surface area contributed by atoms with Crippen LogP contribution in [0.15, 0.2) is 47.1 Å². The minimum absolute atomic E-state index is 0.519. The molecule has 0 amide bonds. The van der Waals surface area contributed by atoms with E-state index in [0.29, 0.717) is 11.6 Å². The van der Waals surface area contributed by atoms with Crippen molar-refractivity contribution in [1.82, 2.24) is 4.98 Å². The van der Waals surface area contributed by atoms with Gasteiger partial charge in [0.1, 0.15) is 5.82 Å². The fourth-order valence-corrected chi connectivity index (χ4v) is 2.31. The van der Waals surface area contributed by atoms with E-state index in [-0.39, 0.29) is 0 Å². The molecule has 1 aromatic heterocycles. The SMILES string of the molecule is CC(CCNc1ncc(Br)cc1N)c1ccccc1. The zero-order valence-electron chi connectivity index (χ0n) is 10.9. The molecule has 1 heterocycles. The quantitative estimate of drug-likeness (QED) is 0.874. The lowest BCUT2D eigenvalue weighted by Crippen LogP contribution is -2.09. The summed E-state index contributed by atoms with van der Waals surface area (Å²) < 4.78 is 0.896. The molecular formula is C15H18BrN3. The highest BCUT2D eigenvalue weighted by molar-refractivity contribution is 9.10. The van der Waals surface area contributed by atoms with Crippen LogP contribution < -0.4 is 11.1 Å². The molecule has 0 spiro atoms. The fraction of sp³-hybridized carbons (Fsp3) is 0.267. The summed E-state index contributed by atoms with van der Waals surface area (Å²) in [4.78, 5) is 4.26. The maximum Gasteiger partial charge on any atom is 0.149 e. The van der Waals surface area contributed by atoms with Crippen LogP contribution >= 0.6 is 15.9 Å². The maximum absolute atomic E-state index is 5.89. The monoisotopic (exact) mass is 319 g/mol. The molecule has 0 bridgehead atoms. The lowest BCUT2D eigenvalue weighted by molar-refractivity contribution is 0.705. The van der Waals surface area contributed by atoms with Crippen LogP contribution in [-0.2, 0) is 0 Å². The van der Waals surface area contributed by atoms with Crippen molar-refractivity contribution in [3.05, 3.63) is 52.6 Å². The highest BCUT2D eigenvalue weighted by atomic mass is 79.9. The van der Waals surface area contributed by atoms with Crippen LogP contribution in [-0.4, -0.2) is 11.5 Å². The highest BCUT2D eigenvalue weighted by Gasteiger charge is 2.05. The summed E-state index contributed by atoms with van der Waals surface area (Å²) in [5, 5.41) is 3.28. The van der Waals surface area contributed by atoms with E-state index in [1.54, 1.807) is 6.20 Å². The second kappa shape index (κ2) is 6.57. The van der Waals surface area contributed by atoms with E-state index in [1.807, 2.05) is 12.1 Å². The molecular weight excluding hydrogens is 302 g/mol. The Morgan fingerprint density at radius 3 is 2.74 bits per heavy atom.